The fraction of sp³-hybridized carbons (Fsp3) is 0.207. The molecular formula is C29H20F10N4O. The first-order chi connectivity index (χ1) is 20.5. The van der Waals surface area contributed by atoms with E-state index in [1.165, 1.54) is 13.8 Å². The molecule has 0 aliphatic carbocycles. The predicted molar refractivity (Wildman–Crippen MR) is 140 cm³/mol. The summed E-state index contributed by atoms with van der Waals surface area (Å²) in [6, 6.07) is 5.92. The van der Waals surface area contributed by atoms with Crippen molar-refractivity contribution in [2.75, 3.05) is 10.6 Å². The van der Waals surface area contributed by atoms with Crippen LogP contribution in [0.3, 0.4) is 0 Å². The van der Waals surface area contributed by atoms with Crippen molar-refractivity contribution in [2.24, 2.45) is 0 Å². The molecule has 0 amide bonds. The summed E-state index contributed by atoms with van der Waals surface area (Å²) in [5, 5.41) is 4.29. The van der Waals surface area contributed by atoms with Gasteiger partial charge in [0.2, 0.25) is 0 Å². The molecule has 232 valence electrons. The number of carbonyl (C=O) groups is 1. The van der Waals surface area contributed by atoms with Gasteiger partial charge in [-0.1, -0.05) is 12.1 Å². The molecule has 4 aromatic rings. The number of para-hydroxylation sites is 2. The normalized spacial score (nSPS) is 13.4. The van der Waals surface area contributed by atoms with Crippen LogP contribution < -0.4 is 10.6 Å². The van der Waals surface area contributed by atoms with E-state index in [0.717, 1.165) is 36.7 Å². The van der Waals surface area contributed by atoms with Crippen LogP contribution in [0.2, 0.25) is 0 Å². The van der Waals surface area contributed by atoms with E-state index in [2.05, 4.69) is 20.6 Å². The van der Waals surface area contributed by atoms with Gasteiger partial charge in [0.15, 0.2) is 5.78 Å². The lowest BCUT2D eigenvalue weighted by molar-refractivity contribution is -0.137. The minimum absolute atomic E-state index is 0.353. The number of alkyl halides is 6. The maximum Gasteiger partial charge on any atom is 0.418 e. The Balaban J connectivity index is 1.53. The lowest BCUT2D eigenvalue weighted by Crippen LogP contribution is -2.20. The zero-order chi connectivity index (χ0) is 32.6. The first-order valence-electron chi connectivity index (χ1n) is 12.6. The number of anilines is 4. The maximum atomic E-state index is 15.0. The number of halogens is 10. The van der Waals surface area contributed by atoms with Crippen molar-refractivity contribution in [3.8, 4) is 0 Å². The topological polar surface area (TPSA) is 66.9 Å². The minimum atomic E-state index is -4.92. The summed E-state index contributed by atoms with van der Waals surface area (Å²) in [6.07, 6.45) is -8.07. The number of rotatable bonds is 8. The molecule has 0 spiro atoms. The molecule has 15 heteroatoms. The Bertz CT molecular complexity index is 1580. The zero-order valence-corrected chi connectivity index (χ0v) is 22.5. The molecule has 2 unspecified atom stereocenters. The SMILES string of the molecule is CC(C(=O)C(C)c1ncc(Nc2c(F)cccc2C(F)(F)F)cc1F)c1ncc(Nc2c(F)cccc2C(F)(F)F)cc1F. The van der Waals surface area contributed by atoms with Crippen LogP contribution in [0.15, 0.2) is 60.9 Å². The third kappa shape index (κ3) is 6.76. The van der Waals surface area contributed by atoms with Gasteiger partial charge in [-0.15, -0.1) is 0 Å². The van der Waals surface area contributed by atoms with Crippen LogP contribution in [0.4, 0.5) is 66.7 Å². The highest BCUT2D eigenvalue weighted by Gasteiger charge is 2.36. The molecule has 2 heterocycles. The van der Waals surface area contributed by atoms with Gasteiger partial charge < -0.3 is 10.6 Å². The molecule has 0 aliphatic heterocycles. The van der Waals surface area contributed by atoms with Gasteiger partial charge in [0.05, 0.1) is 69.5 Å². The van der Waals surface area contributed by atoms with Gasteiger partial charge in [-0.2, -0.15) is 26.3 Å². The van der Waals surface area contributed by atoms with Crippen LogP contribution >= 0.6 is 0 Å². The number of aromatic nitrogens is 2. The summed E-state index contributed by atoms with van der Waals surface area (Å²) in [4.78, 5) is 20.7. The lowest BCUT2D eigenvalue weighted by atomic mass is 9.89. The van der Waals surface area contributed by atoms with Crippen molar-refractivity contribution < 1.29 is 48.7 Å². The first-order valence-corrected chi connectivity index (χ1v) is 12.6. The Hall–Kier alpha value is -4.69. The fourth-order valence-electron chi connectivity index (χ4n) is 4.38. The van der Waals surface area contributed by atoms with Crippen LogP contribution in [0.1, 0.15) is 48.2 Å². The number of ketones is 1. The van der Waals surface area contributed by atoms with E-state index in [4.69, 9.17) is 0 Å². The molecule has 2 aromatic carbocycles. The number of nitrogens with zero attached hydrogens (tertiary/aromatic N) is 2. The summed E-state index contributed by atoms with van der Waals surface area (Å²) >= 11 is 0. The predicted octanol–water partition coefficient (Wildman–Crippen LogP) is 9.03. The van der Waals surface area contributed by atoms with Gasteiger partial charge in [-0.05, 0) is 38.1 Å². The Morgan fingerprint density at radius 2 is 1.00 bits per heavy atom. The average Bonchev–Trinajstić information content (AvgIpc) is 2.93. The van der Waals surface area contributed by atoms with Gasteiger partial charge in [0, 0.05) is 12.1 Å². The van der Waals surface area contributed by atoms with Gasteiger partial charge >= 0.3 is 12.4 Å². The largest absolute Gasteiger partial charge is 0.418 e. The smallest absolute Gasteiger partial charge is 0.351 e. The molecule has 2 atom stereocenters. The van der Waals surface area contributed by atoms with E-state index in [1.807, 2.05) is 0 Å². The second-order valence-electron chi connectivity index (χ2n) is 9.60. The quantitative estimate of drug-likeness (QED) is 0.190. The molecule has 0 fully saturated rings. The number of nitrogens with one attached hydrogen (secondary N) is 2. The third-order valence-corrected chi connectivity index (χ3v) is 6.59. The van der Waals surface area contributed by atoms with Gasteiger partial charge in [-0.25, -0.2) is 17.6 Å². The number of pyridine rings is 2. The number of hydrogen-bond donors (Lipinski definition) is 2. The monoisotopic (exact) mass is 630 g/mol. The highest BCUT2D eigenvalue weighted by molar-refractivity contribution is 5.90. The van der Waals surface area contributed by atoms with E-state index in [-0.39, 0.29) is 11.4 Å². The first kappa shape index (κ1) is 32.2. The summed E-state index contributed by atoms with van der Waals surface area (Å²) in [5.74, 6) is -8.22. The van der Waals surface area contributed by atoms with Crippen LogP contribution in [-0.4, -0.2) is 15.8 Å². The van der Waals surface area contributed by atoms with Gasteiger partial charge in [0.25, 0.3) is 0 Å². The van der Waals surface area contributed by atoms with E-state index < -0.39 is 87.1 Å². The Morgan fingerprint density at radius 1 is 0.636 bits per heavy atom. The van der Waals surface area contributed by atoms with E-state index in [0.29, 0.717) is 24.3 Å². The lowest BCUT2D eigenvalue weighted by Gasteiger charge is -2.19. The Morgan fingerprint density at radius 3 is 1.32 bits per heavy atom. The maximum absolute atomic E-state index is 15.0. The molecule has 44 heavy (non-hydrogen) atoms. The van der Waals surface area contributed by atoms with E-state index in [1.54, 1.807) is 0 Å². The number of carbonyl (C=O) groups excluding carboxylic acids is 1. The minimum Gasteiger partial charge on any atom is -0.351 e. The second kappa shape index (κ2) is 12.1. The molecule has 2 aromatic heterocycles. The van der Waals surface area contributed by atoms with Crippen molar-refractivity contribution in [1.29, 1.82) is 0 Å². The number of Topliss-reactive ketones (excluding diaryl/α,β-unsaturated/α-hetero) is 1. The molecule has 0 radical (unpaired) electrons. The second-order valence-corrected chi connectivity index (χ2v) is 9.60. The summed E-state index contributed by atoms with van der Waals surface area (Å²) < 4.78 is 138. The van der Waals surface area contributed by atoms with Crippen molar-refractivity contribution in [3.63, 3.8) is 0 Å². The number of benzene rings is 2. The average molecular weight is 630 g/mol. The van der Waals surface area contributed by atoms with Crippen LogP contribution in [-0.2, 0) is 17.1 Å². The molecular weight excluding hydrogens is 610 g/mol. The van der Waals surface area contributed by atoms with E-state index in [9.17, 15) is 48.7 Å². The molecule has 2 N–H and O–H groups in total. The highest BCUT2D eigenvalue weighted by Crippen LogP contribution is 2.39. The fourth-order valence-corrected chi connectivity index (χ4v) is 4.38. The van der Waals surface area contributed by atoms with Crippen LogP contribution in [0.5, 0.6) is 0 Å². The third-order valence-electron chi connectivity index (χ3n) is 6.59. The van der Waals surface area contributed by atoms with Crippen LogP contribution in [0.25, 0.3) is 0 Å². The number of hydrogen-bond acceptors (Lipinski definition) is 5. The zero-order valence-electron chi connectivity index (χ0n) is 22.5. The van der Waals surface area contributed by atoms with Gasteiger partial charge in [0.1, 0.15) is 23.3 Å². The molecule has 5 nitrogen and oxygen atoms in total. The summed E-state index contributed by atoms with van der Waals surface area (Å²) in [7, 11) is 0. The molecule has 4 rings (SSSR count). The Labute approximate surface area is 243 Å². The molecule has 0 saturated heterocycles. The van der Waals surface area contributed by atoms with Gasteiger partial charge in [-0.3, -0.25) is 14.8 Å². The molecule has 0 aliphatic rings. The summed E-state index contributed by atoms with van der Waals surface area (Å²) in [6.45, 7) is 2.47. The van der Waals surface area contributed by atoms with Crippen molar-refractivity contribution in [2.45, 2.75) is 38.0 Å². The standard InChI is InChI=1S/C29H20F10N4O/c1-13(23-21(32)9-15(11-40-23)42-25-17(28(34,35)36)5-3-7-19(25)30)27(44)14(2)24-22(33)10-16(12-41-24)43-26-18(29(37,38)39)6-4-8-20(26)31/h3-14,42-43H,1-2H3. The summed E-state index contributed by atoms with van der Waals surface area (Å²) in [5.41, 5.74) is -6.21. The molecule has 0 bridgehead atoms. The molecule has 0 saturated carbocycles. The van der Waals surface area contributed by atoms with Crippen molar-refractivity contribution >= 4 is 28.5 Å². The van der Waals surface area contributed by atoms with Crippen molar-refractivity contribution in [1.82, 2.24) is 9.97 Å². The highest BCUT2D eigenvalue weighted by atomic mass is 19.4. The van der Waals surface area contributed by atoms with Crippen molar-refractivity contribution in [3.05, 3.63) is 107 Å². The van der Waals surface area contributed by atoms with E-state index >= 15 is 0 Å². The van der Waals surface area contributed by atoms with Crippen LogP contribution in [0, 0.1) is 23.3 Å². The Kier molecular flexibility index (Phi) is 8.88.